The molecule has 0 fully saturated rings. The van der Waals surface area contributed by atoms with Crippen molar-refractivity contribution in [3.8, 4) is 11.5 Å². The summed E-state index contributed by atoms with van der Waals surface area (Å²) in [6.07, 6.45) is 0. The van der Waals surface area contributed by atoms with E-state index in [1.165, 1.54) is 14.2 Å². The molecule has 0 amide bonds. The van der Waals surface area contributed by atoms with Crippen LogP contribution in [0.4, 0.5) is 0 Å². The minimum atomic E-state index is -0.511. The molecule has 0 saturated heterocycles. The molecule has 0 radical (unpaired) electrons. The van der Waals surface area contributed by atoms with E-state index in [9.17, 15) is 4.79 Å². The van der Waals surface area contributed by atoms with Crippen LogP contribution in [0.25, 0.3) is 0 Å². The molecule has 0 aliphatic rings. The molecule has 0 saturated carbocycles. The zero-order valence-electron chi connectivity index (χ0n) is 13.4. The van der Waals surface area contributed by atoms with Gasteiger partial charge in [-0.15, -0.1) is 0 Å². The van der Waals surface area contributed by atoms with E-state index < -0.39 is 5.97 Å². The number of hydrogen-bond acceptors (Lipinski definition) is 5. The van der Waals surface area contributed by atoms with Crippen molar-refractivity contribution in [2.24, 2.45) is 0 Å². The van der Waals surface area contributed by atoms with E-state index in [1.807, 2.05) is 31.2 Å². The highest BCUT2D eigenvalue weighted by molar-refractivity contribution is 6.01. The van der Waals surface area contributed by atoms with Crippen LogP contribution in [-0.2, 0) is 4.74 Å². The van der Waals surface area contributed by atoms with Gasteiger partial charge in [0.15, 0.2) is 11.5 Å². The monoisotopic (exact) mass is 313 g/mol. The first-order chi connectivity index (χ1) is 11.0. The van der Waals surface area contributed by atoms with Gasteiger partial charge in [0.2, 0.25) is 0 Å². The van der Waals surface area contributed by atoms with Gasteiger partial charge in [0, 0.05) is 0 Å². The maximum absolute atomic E-state index is 12.1. The molecule has 1 N–H and O–H groups in total. The minimum Gasteiger partial charge on any atom is -0.493 e. The number of carbonyl (C=O) groups excluding carboxylic acids is 1. The lowest BCUT2D eigenvalue weighted by molar-refractivity contribution is 0.0563. The smallest absolute Gasteiger partial charge is 0.338 e. The molecule has 0 aliphatic carbocycles. The Morgan fingerprint density at radius 2 is 1.74 bits per heavy atom. The first-order valence-corrected chi connectivity index (χ1v) is 7.08. The molecule has 5 nitrogen and oxygen atoms in total. The Bertz CT molecular complexity index is 725. The molecule has 0 aromatic heterocycles. The molecule has 23 heavy (non-hydrogen) atoms. The lowest BCUT2D eigenvalue weighted by atomic mass is 10.1. The number of aryl methyl sites for hydroxylation is 1. The Hall–Kier alpha value is -2.82. The van der Waals surface area contributed by atoms with Gasteiger partial charge in [-0.3, -0.25) is 0 Å². The Morgan fingerprint density at radius 3 is 2.39 bits per heavy atom. The van der Waals surface area contributed by atoms with Gasteiger partial charge in [0.25, 0.3) is 0 Å². The maximum atomic E-state index is 12.1. The molecule has 2 aromatic carbocycles. The lowest BCUT2D eigenvalue weighted by Crippen LogP contribution is -2.14. The van der Waals surface area contributed by atoms with Crippen LogP contribution < -0.4 is 9.47 Å². The molecular formula is C18H19NO4. The molecule has 2 rings (SSSR count). The molecular weight excluding hydrogens is 294 g/mol. The van der Waals surface area contributed by atoms with Gasteiger partial charge in [-0.05, 0) is 30.7 Å². The number of esters is 1. The van der Waals surface area contributed by atoms with E-state index in [1.54, 1.807) is 18.2 Å². The molecule has 0 aliphatic heterocycles. The summed E-state index contributed by atoms with van der Waals surface area (Å²) in [5.41, 5.74) is 2.39. The van der Waals surface area contributed by atoms with Crippen LogP contribution in [0.15, 0.2) is 42.5 Å². The summed E-state index contributed by atoms with van der Waals surface area (Å²) in [6.45, 7) is 1.86. The molecule has 120 valence electrons. The van der Waals surface area contributed by atoms with Crippen LogP contribution in [0.3, 0.4) is 0 Å². The van der Waals surface area contributed by atoms with Crippen LogP contribution in [0, 0.1) is 12.3 Å². The zero-order valence-corrected chi connectivity index (χ0v) is 13.4. The molecule has 0 unspecified atom stereocenters. The van der Waals surface area contributed by atoms with Gasteiger partial charge in [-0.25, -0.2) is 4.79 Å². The predicted molar refractivity (Wildman–Crippen MR) is 87.8 cm³/mol. The number of carbonyl (C=O) groups is 1. The molecule has 0 atom stereocenters. The van der Waals surface area contributed by atoms with Crippen molar-refractivity contribution < 1.29 is 19.0 Å². The summed E-state index contributed by atoms with van der Waals surface area (Å²) in [6, 6.07) is 12.3. The van der Waals surface area contributed by atoms with E-state index in [2.05, 4.69) is 0 Å². The number of hydrogen-bond donors (Lipinski definition) is 1. The van der Waals surface area contributed by atoms with Crippen LogP contribution in [-0.4, -0.2) is 32.5 Å². The highest BCUT2D eigenvalue weighted by atomic mass is 16.5. The first kappa shape index (κ1) is 16.5. The number of methoxy groups -OCH3 is 2. The van der Waals surface area contributed by atoms with Gasteiger partial charge in [0.1, 0.15) is 6.61 Å². The SMILES string of the molecule is COc1ccc(C(=O)OCC(=N)c2cccc(C)c2)cc1OC. The van der Waals surface area contributed by atoms with Gasteiger partial charge in [-0.2, -0.15) is 0 Å². The maximum Gasteiger partial charge on any atom is 0.338 e. The van der Waals surface area contributed by atoms with Gasteiger partial charge in [-0.1, -0.05) is 29.8 Å². The third kappa shape index (κ3) is 4.10. The lowest BCUT2D eigenvalue weighted by Gasteiger charge is -2.10. The topological polar surface area (TPSA) is 68.6 Å². The average molecular weight is 313 g/mol. The molecule has 0 bridgehead atoms. The van der Waals surface area contributed by atoms with E-state index in [0.29, 0.717) is 17.1 Å². The van der Waals surface area contributed by atoms with Gasteiger partial charge in [0.05, 0.1) is 25.5 Å². The van der Waals surface area contributed by atoms with Crippen molar-refractivity contribution in [3.63, 3.8) is 0 Å². The minimum absolute atomic E-state index is 0.0867. The zero-order chi connectivity index (χ0) is 16.8. The fourth-order valence-electron chi connectivity index (χ4n) is 2.10. The summed E-state index contributed by atoms with van der Waals surface area (Å²) >= 11 is 0. The molecule has 2 aromatic rings. The van der Waals surface area contributed by atoms with E-state index in [4.69, 9.17) is 19.6 Å². The Balaban J connectivity index is 2.03. The van der Waals surface area contributed by atoms with Crippen LogP contribution in [0.1, 0.15) is 21.5 Å². The van der Waals surface area contributed by atoms with Crippen molar-refractivity contribution in [1.29, 1.82) is 5.41 Å². The number of rotatable bonds is 6. The predicted octanol–water partition coefficient (Wildman–Crippen LogP) is 3.24. The third-order valence-corrected chi connectivity index (χ3v) is 3.33. The summed E-state index contributed by atoms with van der Waals surface area (Å²) < 4.78 is 15.5. The fourth-order valence-corrected chi connectivity index (χ4v) is 2.10. The van der Waals surface area contributed by atoms with Crippen molar-refractivity contribution in [2.75, 3.05) is 20.8 Å². The highest BCUT2D eigenvalue weighted by Gasteiger charge is 2.13. The van der Waals surface area contributed by atoms with Gasteiger partial charge < -0.3 is 19.6 Å². The van der Waals surface area contributed by atoms with E-state index >= 15 is 0 Å². The second-order valence-corrected chi connectivity index (χ2v) is 4.99. The third-order valence-electron chi connectivity index (χ3n) is 3.33. The summed E-state index contributed by atoms with van der Waals surface area (Å²) in [4.78, 5) is 12.1. The second kappa shape index (κ2) is 7.45. The summed E-state index contributed by atoms with van der Waals surface area (Å²) in [7, 11) is 3.03. The number of ether oxygens (including phenoxy) is 3. The van der Waals surface area contributed by atoms with Crippen LogP contribution in [0.2, 0.25) is 0 Å². The Labute approximate surface area is 135 Å². The number of benzene rings is 2. The molecule has 0 spiro atoms. The van der Waals surface area contributed by atoms with Crippen molar-refractivity contribution in [2.45, 2.75) is 6.92 Å². The largest absolute Gasteiger partial charge is 0.493 e. The summed E-state index contributed by atoms with van der Waals surface area (Å²) in [5.74, 6) is 0.482. The van der Waals surface area contributed by atoms with Crippen LogP contribution >= 0.6 is 0 Å². The average Bonchev–Trinajstić information content (AvgIpc) is 2.58. The van der Waals surface area contributed by atoms with Crippen molar-refractivity contribution in [3.05, 3.63) is 59.2 Å². The Kier molecular flexibility index (Phi) is 5.36. The number of nitrogens with one attached hydrogen (secondary N) is 1. The standard InChI is InChI=1S/C18H19NO4/c1-12-5-4-6-13(9-12)15(19)11-23-18(20)14-7-8-16(21-2)17(10-14)22-3/h4-10,19H,11H2,1-3H3. The van der Waals surface area contributed by atoms with Crippen LogP contribution in [0.5, 0.6) is 11.5 Å². The highest BCUT2D eigenvalue weighted by Crippen LogP contribution is 2.27. The van der Waals surface area contributed by atoms with Crippen molar-refractivity contribution >= 4 is 11.7 Å². The normalized spacial score (nSPS) is 10.0. The Morgan fingerprint density at radius 1 is 1.00 bits per heavy atom. The first-order valence-electron chi connectivity index (χ1n) is 7.08. The quantitative estimate of drug-likeness (QED) is 0.656. The fraction of sp³-hybridized carbons (Fsp3) is 0.222. The molecule has 5 heteroatoms. The molecule has 0 heterocycles. The van der Waals surface area contributed by atoms with E-state index in [0.717, 1.165) is 11.1 Å². The van der Waals surface area contributed by atoms with Crippen molar-refractivity contribution in [1.82, 2.24) is 0 Å². The van der Waals surface area contributed by atoms with Gasteiger partial charge >= 0.3 is 5.97 Å². The second-order valence-electron chi connectivity index (χ2n) is 4.99. The summed E-state index contributed by atoms with van der Waals surface area (Å²) in [5, 5.41) is 8.00. The van der Waals surface area contributed by atoms with E-state index in [-0.39, 0.29) is 12.3 Å².